The molecule has 0 aliphatic carbocycles. The van der Waals surface area contributed by atoms with Gasteiger partial charge in [-0.25, -0.2) is 0 Å². The zero-order valence-corrected chi connectivity index (χ0v) is 19.2. The molecule has 0 aromatic heterocycles. The molecule has 0 radical (unpaired) electrons. The molecule has 7 heteroatoms. The van der Waals surface area contributed by atoms with Crippen LogP contribution in [-0.4, -0.2) is 41.9 Å². The SMILES string of the molecule is COc1ccc(C2=NN(N3CCCCC3)C(=O)C2(C)C)cc1OCc1ccccc1.Cl. The summed E-state index contributed by atoms with van der Waals surface area (Å²) in [6.07, 6.45) is 3.39. The minimum absolute atomic E-state index is 0. The molecule has 6 nitrogen and oxygen atoms in total. The van der Waals surface area contributed by atoms with Gasteiger partial charge >= 0.3 is 0 Å². The molecule has 166 valence electrons. The van der Waals surface area contributed by atoms with Gasteiger partial charge < -0.3 is 9.47 Å². The number of halogens is 1. The van der Waals surface area contributed by atoms with Crippen molar-refractivity contribution in [2.75, 3.05) is 20.2 Å². The molecule has 0 unspecified atom stereocenters. The molecule has 1 saturated heterocycles. The Hall–Kier alpha value is -2.57. The molecule has 2 aliphatic heterocycles. The fourth-order valence-electron chi connectivity index (χ4n) is 3.97. The van der Waals surface area contributed by atoms with Gasteiger partial charge in [-0.3, -0.25) is 4.79 Å². The van der Waals surface area contributed by atoms with Crippen LogP contribution in [0.15, 0.2) is 53.6 Å². The highest BCUT2D eigenvalue weighted by atomic mass is 35.5. The zero-order valence-electron chi connectivity index (χ0n) is 18.3. The summed E-state index contributed by atoms with van der Waals surface area (Å²) >= 11 is 0. The molecule has 2 aromatic rings. The van der Waals surface area contributed by atoms with E-state index >= 15 is 0 Å². The fourth-order valence-corrected chi connectivity index (χ4v) is 3.97. The molecule has 0 bridgehead atoms. The van der Waals surface area contributed by atoms with Crippen molar-refractivity contribution in [3.05, 3.63) is 59.7 Å². The maximum Gasteiger partial charge on any atom is 0.269 e. The number of hydrogen-bond donors (Lipinski definition) is 0. The molecule has 1 fully saturated rings. The number of amides is 1. The third-order valence-electron chi connectivity index (χ3n) is 5.78. The standard InChI is InChI=1S/C24H29N3O3.ClH/c1-24(2)22(25-27(23(24)28)26-14-8-5-9-15-26)19-12-13-20(29-3)21(16-19)30-17-18-10-6-4-7-11-18;/h4,6-7,10-13,16H,5,8-9,14-15,17H2,1-3H3;1H. The second-order valence-corrected chi connectivity index (χ2v) is 8.32. The van der Waals surface area contributed by atoms with E-state index in [-0.39, 0.29) is 18.3 Å². The van der Waals surface area contributed by atoms with Gasteiger partial charge in [0.05, 0.1) is 18.2 Å². The predicted octanol–water partition coefficient (Wildman–Crippen LogP) is 4.67. The van der Waals surface area contributed by atoms with Gasteiger partial charge in [-0.2, -0.15) is 15.2 Å². The van der Waals surface area contributed by atoms with Gasteiger partial charge in [0, 0.05) is 18.7 Å². The van der Waals surface area contributed by atoms with E-state index in [1.165, 1.54) is 6.42 Å². The lowest BCUT2D eigenvalue weighted by molar-refractivity contribution is -0.153. The molecule has 31 heavy (non-hydrogen) atoms. The van der Waals surface area contributed by atoms with Crippen LogP contribution in [0.5, 0.6) is 11.5 Å². The lowest BCUT2D eigenvalue weighted by atomic mass is 9.83. The smallest absolute Gasteiger partial charge is 0.269 e. The number of nitrogens with zero attached hydrogens (tertiary/aromatic N) is 3. The average Bonchev–Trinajstić information content (AvgIpc) is 3.02. The number of piperidine rings is 1. The molecular formula is C24H30ClN3O3. The van der Waals surface area contributed by atoms with Crippen molar-refractivity contribution in [1.29, 1.82) is 0 Å². The molecule has 2 heterocycles. The first kappa shape index (κ1) is 23.1. The summed E-state index contributed by atoms with van der Waals surface area (Å²) in [5.74, 6) is 1.31. The van der Waals surface area contributed by atoms with Crippen LogP contribution in [0.3, 0.4) is 0 Å². The van der Waals surface area contributed by atoms with Crippen LogP contribution in [0.25, 0.3) is 0 Å². The van der Waals surface area contributed by atoms with Gasteiger partial charge in [0.15, 0.2) is 11.5 Å². The number of carbonyl (C=O) groups is 1. The number of ether oxygens (including phenoxy) is 2. The highest BCUT2D eigenvalue weighted by molar-refractivity contribution is 6.19. The Labute approximate surface area is 190 Å². The Balaban J connectivity index is 0.00000272. The molecule has 0 N–H and O–H groups in total. The first-order chi connectivity index (χ1) is 14.5. The first-order valence-electron chi connectivity index (χ1n) is 10.5. The quantitative estimate of drug-likeness (QED) is 0.651. The molecule has 4 rings (SSSR count). The number of benzene rings is 2. The minimum atomic E-state index is -0.706. The molecule has 0 spiro atoms. The number of methoxy groups -OCH3 is 1. The van der Waals surface area contributed by atoms with Gasteiger partial charge in [-0.05, 0) is 50.5 Å². The number of carbonyl (C=O) groups excluding carboxylic acids is 1. The van der Waals surface area contributed by atoms with Crippen molar-refractivity contribution >= 4 is 24.0 Å². The number of hydrazine groups is 1. The van der Waals surface area contributed by atoms with Crippen LogP contribution >= 0.6 is 12.4 Å². The van der Waals surface area contributed by atoms with Crippen molar-refractivity contribution in [1.82, 2.24) is 10.1 Å². The number of hydrazone groups is 1. The Morgan fingerprint density at radius 1 is 1.00 bits per heavy atom. The van der Waals surface area contributed by atoms with Crippen molar-refractivity contribution in [2.45, 2.75) is 39.7 Å². The van der Waals surface area contributed by atoms with E-state index in [1.807, 2.05) is 62.4 Å². The highest BCUT2D eigenvalue weighted by Gasteiger charge is 2.46. The lowest BCUT2D eigenvalue weighted by Gasteiger charge is -2.32. The van der Waals surface area contributed by atoms with Gasteiger partial charge in [-0.15, -0.1) is 12.4 Å². The van der Waals surface area contributed by atoms with E-state index in [9.17, 15) is 4.79 Å². The van der Waals surface area contributed by atoms with Gasteiger partial charge in [-0.1, -0.05) is 36.8 Å². The summed E-state index contributed by atoms with van der Waals surface area (Å²) in [7, 11) is 1.63. The average molecular weight is 444 g/mol. The first-order valence-corrected chi connectivity index (χ1v) is 10.5. The summed E-state index contributed by atoms with van der Waals surface area (Å²) < 4.78 is 11.6. The van der Waals surface area contributed by atoms with E-state index in [4.69, 9.17) is 14.6 Å². The fraction of sp³-hybridized carbons (Fsp3) is 0.417. The van der Waals surface area contributed by atoms with Gasteiger partial charge in [0.2, 0.25) is 0 Å². The van der Waals surface area contributed by atoms with E-state index in [2.05, 4.69) is 5.01 Å². The molecule has 2 aliphatic rings. The third kappa shape index (κ3) is 4.70. The summed E-state index contributed by atoms with van der Waals surface area (Å²) in [6.45, 7) is 6.05. The number of rotatable bonds is 6. The van der Waals surface area contributed by atoms with E-state index in [1.54, 1.807) is 12.2 Å². The summed E-state index contributed by atoms with van der Waals surface area (Å²) in [5, 5.41) is 8.41. The highest BCUT2D eigenvalue weighted by Crippen LogP contribution is 2.37. The molecule has 0 saturated carbocycles. The summed E-state index contributed by atoms with van der Waals surface area (Å²) in [4.78, 5) is 13.1. The zero-order chi connectivity index (χ0) is 21.1. The molecule has 2 aromatic carbocycles. The monoisotopic (exact) mass is 443 g/mol. The predicted molar refractivity (Wildman–Crippen MR) is 124 cm³/mol. The van der Waals surface area contributed by atoms with Crippen LogP contribution in [0.1, 0.15) is 44.2 Å². The van der Waals surface area contributed by atoms with Crippen LogP contribution in [0, 0.1) is 5.41 Å². The third-order valence-corrected chi connectivity index (χ3v) is 5.78. The summed E-state index contributed by atoms with van der Waals surface area (Å²) in [6, 6.07) is 15.8. The van der Waals surface area contributed by atoms with Crippen molar-refractivity contribution < 1.29 is 14.3 Å². The van der Waals surface area contributed by atoms with Gasteiger partial charge in [0.25, 0.3) is 5.91 Å². The topological polar surface area (TPSA) is 54.4 Å². The van der Waals surface area contributed by atoms with Crippen LogP contribution in [-0.2, 0) is 11.4 Å². The maximum atomic E-state index is 13.1. The number of hydrogen-bond acceptors (Lipinski definition) is 5. The Morgan fingerprint density at radius 2 is 1.71 bits per heavy atom. The van der Waals surface area contributed by atoms with Crippen LogP contribution in [0.4, 0.5) is 0 Å². The van der Waals surface area contributed by atoms with E-state index in [0.717, 1.165) is 42.8 Å². The Kier molecular flexibility index (Phi) is 7.23. The Morgan fingerprint density at radius 3 is 2.39 bits per heavy atom. The largest absolute Gasteiger partial charge is 0.493 e. The second kappa shape index (κ2) is 9.71. The molecule has 0 atom stereocenters. The van der Waals surface area contributed by atoms with E-state index in [0.29, 0.717) is 18.1 Å². The molecular weight excluding hydrogens is 414 g/mol. The van der Waals surface area contributed by atoms with Crippen LogP contribution in [0.2, 0.25) is 0 Å². The van der Waals surface area contributed by atoms with Crippen LogP contribution < -0.4 is 9.47 Å². The lowest BCUT2D eigenvalue weighted by Crippen LogP contribution is -2.47. The second-order valence-electron chi connectivity index (χ2n) is 8.32. The van der Waals surface area contributed by atoms with Crippen molar-refractivity contribution in [2.24, 2.45) is 10.5 Å². The summed E-state index contributed by atoms with van der Waals surface area (Å²) in [5.41, 5.74) is 2.00. The maximum absolute atomic E-state index is 13.1. The molecule has 1 amide bonds. The van der Waals surface area contributed by atoms with Crippen molar-refractivity contribution in [3.8, 4) is 11.5 Å². The van der Waals surface area contributed by atoms with Crippen molar-refractivity contribution in [3.63, 3.8) is 0 Å². The normalized spacial score (nSPS) is 18.4. The van der Waals surface area contributed by atoms with Gasteiger partial charge in [0.1, 0.15) is 6.61 Å². The Bertz CT molecular complexity index is 940. The minimum Gasteiger partial charge on any atom is -0.493 e. The van der Waals surface area contributed by atoms with E-state index < -0.39 is 5.41 Å².